The average Bonchev–Trinajstić information content (AvgIpc) is 2.92. The third kappa shape index (κ3) is 2.68. The van der Waals surface area contributed by atoms with Gasteiger partial charge in [0, 0.05) is 24.9 Å². The summed E-state index contributed by atoms with van der Waals surface area (Å²) in [6.07, 6.45) is 6.84. The minimum absolute atomic E-state index is 0.480. The van der Waals surface area contributed by atoms with Crippen LogP contribution >= 0.6 is 0 Å². The molecule has 1 aliphatic carbocycles. The van der Waals surface area contributed by atoms with E-state index >= 15 is 0 Å². The summed E-state index contributed by atoms with van der Waals surface area (Å²) in [5, 5.41) is 3.37. The molecule has 1 N–H and O–H groups in total. The van der Waals surface area contributed by atoms with Crippen LogP contribution in [-0.4, -0.2) is 18.6 Å². The quantitative estimate of drug-likeness (QED) is 0.905. The lowest BCUT2D eigenvalue weighted by molar-refractivity contribution is 0.319. The Morgan fingerprint density at radius 3 is 2.90 bits per heavy atom. The molecule has 1 atom stereocenters. The predicted octanol–water partition coefficient (Wildman–Crippen LogP) is 2.91. The summed E-state index contributed by atoms with van der Waals surface area (Å²) in [4.78, 5) is 4.03. The zero-order valence-corrected chi connectivity index (χ0v) is 11.8. The van der Waals surface area contributed by atoms with Crippen LogP contribution in [0.25, 0.3) is 0 Å². The molecule has 0 spiro atoms. The van der Waals surface area contributed by atoms with Gasteiger partial charge in [0.05, 0.1) is 6.61 Å². The number of hydrogen-bond donors (Lipinski definition) is 1. The molecular weight excluding hydrogens is 248 g/mol. The second kappa shape index (κ2) is 6.06. The van der Waals surface area contributed by atoms with Gasteiger partial charge in [0.25, 0.3) is 0 Å². The molecule has 0 saturated carbocycles. The van der Waals surface area contributed by atoms with Crippen LogP contribution in [0.1, 0.15) is 29.2 Å². The van der Waals surface area contributed by atoms with Gasteiger partial charge in [-0.1, -0.05) is 12.1 Å². The van der Waals surface area contributed by atoms with E-state index in [-0.39, 0.29) is 0 Å². The summed E-state index contributed by atoms with van der Waals surface area (Å²) < 4.78 is 6.00. The number of aromatic nitrogens is 1. The zero-order valence-electron chi connectivity index (χ0n) is 11.8. The standard InChI is InChI=1S/C17H20N2O/c1-18-16-6-5-15-14(16)3-2-4-17(15)20-12-9-13-7-10-19-11-8-13/h2-4,7-8,10-11,16,18H,5-6,9,12H2,1H3. The van der Waals surface area contributed by atoms with Crippen LogP contribution in [-0.2, 0) is 12.8 Å². The van der Waals surface area contributed by atoms with Crippen LogP contribution < -0.4 is 10.1 Å². The summed E-state index contributed by atoms with van der Waals surface area (Å²) in [6, 6.07) is 10.9. The minimum atomic E-state index is 0.480. The lowest BCUT2D eigenvalue weighted by atomic mass is 10.1. The van der Waals surface area contributed by atoms with Gasteiger partial charge in [0.2, 0.25) is 0 Å². The van der Waals surface area contributed by atoms with Crippen molar-refractivity contribution < 1.29 is 4.74 Å². The molecule has 2 aromatic rings. The van der Waals surface area contributed by atoms with Crippen molar-refractivity contribution in [2.45, 2.75) is 25.3 Å². The molecule has 0 bridgehead atoms. The van der Waals surface area contributed by atoms with Gasteiger partial charge in [0.1, 0.15) is 5.75 Å². The fraction of sp³-hybridized carbons (Fsp3) is 0.353. The highest BCUT2D eigenvalue weighted by molar-refractivity contribution is 5.45. The van der Waals surface area contributed by atoms with Crippen molar-refractivity contribution in [2.75, 3.05) is 13.7 Å². The normalized spacial score (nSPS) is 16.9. The fourth-order valence-electron chi connectivity index (χ4n) is 2.88. The molecular formula is C17H20N2O. The predicted molar refractivity (Wildman–Crippen MR) is 80.0 cm³/mol. The van der Waals surface area contributed by atoms with Gasteiger partial charge >= 0.3 is 0 Å². The Kier molecular flexibility index (Phi) is 3.97. The maximum atomic E-state index is 6.00. The molecule has 1 aromatic heterocycles. The molecule has 0 amide bonds. The third-order valence-electron chi connectivity index (χ3n) is 3.97. The van der Waals surface area contributed by atoms with Crippen LogP contribution in [0.4, 0.5) is 0 Å². The Labute approximate surface area is 120 Å². The summed E-state index contributed by atoms with van der Waals surface area (Å²) >= 11 is 0. The number of fused-ring (bicyclic) bond motifs is 1. The second-order valence-electron chi connectivity index (χ2n) is 5.16. The van der Waals surface area contributed by atoms with E-state index in [1.54, 1.807) is 0 Å². The Hall–Kier alpha value is -1.87. The minimum Gasteiger partial charge on any atom is -0.493 e. The molecule has 0 saturated heterocycles. The van der Waals surface area contributed by atoms with Gasteiger partial charge in [-0.05, 0) is 54.8 Å². The molecule has 3 rings (SSSR count). The number of ether oxygens (including phenoxy) is 1. The fourth-order valence-corrected chi connectivity index (χ4v) is 2.88. The van der Waals surface area contributed by atoms with E-state index in [9.17, 15) is 0 Å². The molecule has 1 aliphatic rings. The number of benzene rings is 1. The Morgan fingerprint density at radius 1 is 1.25 bits per heavy atom. The van der Waals surface area contributed by atoms with E-state index in [1.807, 2.05) is 31.6 Å². The molecule has 20 heavy (non-hydrogen) atoms. The molecule has 1 heterocycles. The lowest BCUT2D eigenvalue weighted by Gasteiger charge is -2.13. The van der Waals surface area contributed by atoms with Gasteiger partial charge in [-0.15, -0.1) is 0 Å². The highest BCUT2D eigenvalue weighted by atomic mass is 16.5. The second-order valence-corrected chi connectivity index (χ2v) is 5.16. The van der Waals surface area contributed by atoms with E-state index < -0.39 is 0 Å². The molecule has 3 nitrogen and oxygen atoms in total. The first kappa shape index (κ1) is 13.1. The first-order valence-corrected chi connectivity index (χ1v) is 7.19. The van der Waals surface area contributed by atoms with Gasteiger partial charge < -0.3 is 10.1 Å². The molecule has 3 heteroatoms. The van der Waals surface area contributed by atoms with Crippen molar-refractivity contribution in [1.29, 1.82) is 0 Å². The number of rotatable bonds is 5. The van der Waals surface area contributed by atoms with Crippen LogP contribution in [0.2, 0.25) is 0 Å². The Morgan fingerprint density at radius 2 is 2.10 bits per heavy atom. The van der Waals surface area contributed by atoms with E-state index in [2.05, 4.69) is 28.5 Å². The zero-order chi connectivity index (χ0) is 13.8. The topological polar surface area (TPSA) is 34.1 Å². The summed E-state index contributed by atoms with van der Waals surface area (Å²) in [7, 11) is 2.02. The summed E-state index contributed by atoms with van der Waals surface area (Å²) in [5.41, 5.74) is 4.04. The van der Waals surface area contributed by atoms with Gasteiger partial charge in [-0.3, -0.25) is 4.98 Å². The molecule has 104 valence electrons. The van der Waals surface area contributed by atoms with Crippen molar-refractivity contribution in [3.8, 4) is 5.75 Å². The smallest absolute Gasteiger partial charge is 0.122 e. The van der Waals surface area contributed by atoms with E-state index in [0.29, 0.717) is 12.6 Å². The van der Waals surface area contributed by atoms with Crippen molar-refractivity contribution in [1.82, 2.24) is 10.3 Å². The van der Waals surface area contributed by atoms with Gasteiger partial charge in [-0.2, -0.15) is 0 Å². The number of pyridine rings is 1. The highest BCUT2D eigenvalue weighted by Gasteiger charge is 2.23. The number of hydrogen-bond acceptors (Lipinski definition) is 3. The maximum Gasteiger partial charge on any atom is 0.122 e. The summed E-state index contributed by atoms with van der Waals surface area (Å²) in [5.74, 6) is 1.05. The molecule has 0 fully saturated rings. The SMILES string of the molecule is CNC1CCc2c(OCCc3ccncc3)cccc21. The van der Waals surface area contributed by atoms with Crippen molar-refractivity contribution in [3.05, 3.63) is 59.4 Å². The van der Waals surface area contributed by atoms with Crippen molar-refractivity contribution in [3.63, 3.8) is 0 Å². The van der Waals surface area contributed by atoms with E-state index in [0.717, 1.165) is 25.0 Å². The van der Waals surface area contributed by atoms with Crippen LogP contribution in [0, 0.1) is 0 Å². The first-order valence-electron chi connectivity index (χ1n) is 7.19. The highest BCUT2D eigenvalue weighted by Crippen LogP contribution is 2.36. The van der Waals surface area contributed by atoms with Gasteiger partial charge in [-0.25, -0.2) is 0 Å². The lowest BCUT2D eigenvalue weighted by Crippen LogP contribution is -2.12. The number of nitrogens with one attached hydrogen (secondary N) is 1. The molecule has 1 aromatic carbocycles. The first-order chi connectivity index (χ1) is 9.88. The Balaban J connectivity index is 1.66. The molecule has 0 aliphatic heterocycles. The average molecular weight is 268 g/mol. The maximum absolute atomic E-state index is 6.00. The summed E-state index contributed by atoms with van der Waals surface area (Å²) in [6.45, 7) is 0.713. The number of nitrogens with zero attached hydrogens (tertiary/aromatic N) is 1. The van der Waals surface area contributed by atoms with E-state index in [1.165, 1.54) is 16.7 Å². The van der Waals surface area contributed by atoms with Crippen LogP contribution in [0.5, 0.6) is 5.75 Å². The third-order valence-corrected chi connectivity index (χ3v) is 3.97. The van der Waals surface area contributed by atoms with E-state index in [4.69, 9.17) is 4.74 Å². The van der Waals surface area contributed by atoms with Crippen LogP contribution in [0.15, 0.2) is 42.7 Å². The van der Waals surface area contributed by atoms with Crippen molar-refractivity contribution in [2.24, 2.45) is 0 Å². The monoisotopic (exact) mass is 268 g/mol. The van der Waals surface area contributed by atoms with Crippen molar-refractivity contribution >= 4 is 0 Å². The Bertz CT molecular complexity index is 568. The van der Waals surface area contributed by atoms with Crippen LogP contribution in [0.3, 0.4) is 0 Å². The van der Waals surface area contributed by atoms with Gasteiger partial charge in [0.15, 0.2) is 0 Å². The molecule has 1 unspecified atom stereocenters. The largest absolute Gasteiger partial charge is 0.493 e. The molecule has 0 radical (unpaired) electrons.